The highest BCUT2D eigenvalue weighted by atomic mass is 32.2. The van der Waals surface area contributed by atoms with Gasteiger partial charge in [0.05, 0.1) is 22.8 Å². The summed E-state index contributed by atoms with van der Waals surface area (Å²) < 4.78 is 44.4. The standard InChI is InChI=1S/C18H18N2O6S/c1-12(21)20-6-7-24-16-4-2-13(10-15(16)20)19-27(22,23)14-3-5-17-18(11-14)26-9-8-25-17/h2-5,10-11,19H,6-9H2,1H3. The number of rotatable bonds is 3. The van der Waals surface area contributed by atoms with Gasteiger partial charge in [0.1, 0.15) is 25.6 Å². The van der Waals surface area contributed by atoms with E-state index in [1.54, 1.807) is 29.2 Å². The summed E-state index contributed by atoms with van der Waals surface area (Å²) >= 11 is 0. The number of carbonyl (C=O) groups excluding carboxylic acids is 1. The van der Waals surface area contributed by atoms with Crippen LogP contribution in [0.15, 0.2) is 41.3 Å². The summed E-state index contributed by atoms with van der Waals surface area (Å²) in [5, 5.41) is 0. The number of sulfonamides is 1. The van der Waals surface area contributed by atoms with Crippen LogP contribution >= 0.6 is 0 Å². The third-order valence-electron chi connectivity index (χ3n) is 4.28. The molecule has 9 heteroatoms. The van der Waals surface area contributed by atoms with Crippen LogP contribution in [-0.4, -0.2) is 40.7 Å². The maximum atomic E-state index is 12.8. The Balaban J connectivity index is 1.63. The Morgan fingerprint density at radius 3 is 2.44 bits per heavy atom. The number of hydrogen-bond acceptors (Lipinski definition) is 6. The molecular formula is C18H18N2O6S. The molecule has 0 bridgehead atoms. The highest BCUT2D eigenvalue weighted by Crippen LogP contribution is 2.36. The van der Waals surface area contributed by atoms with Crippen molar-refractivity contribution in [2.45, 2.75) is 11.8 Å². The molecule has 27 heavy (non-hydrogen) atoms. The zero-order valence-electron chi connectivity index (χ0n) is 14.6. The fourth-order valence-electron chi connectivity index (χ4n) is 3.01. The van der Waals surface area contributed by atoms with Gasteiger partial charge >= 0.3 is 0 Å². The van der Waals surface area contributed by atoms with Crippen LogP contribution < -0.4 is 23.8 Å². The molecule has 142 valence electrons. The van der Waals surface area contributed by atoms with Gasteiger partial charge in [-0.2, -0.15) is 0 Å². The fraction of sp³-hybridized carbons (Fsp3) is 0.278. The first-order valence-corrected chi connectivity index (χ1v) is 9.90. The Morgan fingerprint density at radius 2 is 1.67 bits per heavy atom. The molecule has 0 saturated carbocycles. The molecule has 2 aromatic carbocycles. The first-order valence-electron chi connectivity index (χ1n) is 8.41. The monoisotopic (exact) mass is 390 g/mol. The topological polar surface area (TPSA) is 94.2 Å². The quantitative estimate of drug-likeness (QED) is 0.862. The number of anilines is 2. The van der Waals surface area contributed by atoms with Crippen molar-refractivity contribution in [3.8, 4) is 17.2 Å². The molecule has 2 aromatic rings. The van der Waals surface area contributed by atoms with E-state index in [-0.39, 0.29) is 10.8 Å². The first kappa shape index (κ1) is 17.5. The lowest BCUT2D eigenvalue weighted by Gasteiger charge is -2.29. The molecule has 0 spiro atoms. The normalized spacial score (nSPS) is 15.5. The van der Waals surface area contributed by atoms with Crippen LogP contribution in [0.4, 0.5) is 11.4 Å². The van der Waals surface area contributed by atoms with E-state index in [2.05, 4.69) is 4.72 Å². The maximum absolute atomic E-state index is 12.8. The average Bonchev–Trinajstić information content (AvgIpc) is 2.66. The number of carbonyl (C=O) groups is 1. The van der Waals surface area contributed by atoms with E-state index >= 15 is 0 Å². The zero-order chi connectivity index (χ0) is 19.0. The molecule has 1 N–H and O–H groups in total. The van der Waals surface area contributed by atoms with Gasteiger partial charge in [-0.05, 0) is 30.3 Å². The molecule has 8 nitrogen and oxygen atoms in total. The highest BCUT2D eigenvalue weighted by molar-refractivity contribution is 7.92. The van der Waals surface area contributed by atoms with Gasteiger partial charge < -0.3 is 19.1 Å². The van der Waals surface area contributed by atoms with Crippen LogP contribution in [0.25, 0.3) is 0 Å². The van der Waals surface area contributed by atoms with Crippen molar-refractivity contribution in [3.63, 3.8) is 0 Å². The van der Waals surface area contributed by atoms with Gasteiger partial charge in [-0.15, -0.1) is 0 Å². The molecule has 2 aliphatic rings. The lowest BCUT2D eigenvalue weighted by molar-refractivity contribution is -0.116. The molecule has 0 radical (unpaired) electrons. The fourth-order valence-corrected chi connectivity index (χ4v) is 4.08. The molecule has 0 aliphatic carbocycles. The Hall–Kier alpha value is -2.94. The smallest absolute Gasteiger partial charge is 0.262 e. The molecule has 0 atom stereocenters. The first-order chi connectivity index (χ1) is 12.9. The van der Waals surface area contributed by atoms with E-state index in [1.165, 1.54) is 19.1 Å². The lowest BCUT2D eigenvalue weighted by Crippen LogP contribution is -2.36. The molecule has 4 rings (SSSR count). The van der Waals surface area contributed by atoms with E-state index < -0.39 is 10.0 Å². The number of fused-ring (bicyclic) bond motifs is 2. The minimum atomic E-state index is -3.84. The molecule has 0 saturated heterocycles. The largest absolute Gasteiger partial charge is 0.490 e. The summed E-state index contributed by atoms with van der Waals surface area (Å²) in [7, 11) is -3.84. The number of nitrogens with one attached hydrogen (secondary N) is 1. The summed E-state index contributed by atoms with van der Waals surface area (Å²) in [6.07, 6.45) is 0. The predicted octanol–water partition coefficient (Wildman–Crippen LogP) is 2.00. The summed E-state index contributed by atoms with van der Waals surface area (Å²) in [5.74, 6) is 1.32. The Morgan fingerprint density at radius 1 is 0.963 bits per heavy atom. The van der Waals surface area contributed by atoms with Gasteiger partial charge in [0.2, 0.25) is 5.91 Å². The summed E-state index contributed by atoms with van der Waals surface area (Å²) in [6.45, 7) is 3.08. The van der Waals surface area contributed by atoms with Crippen LogP contribution in [0.5, 0.6) is 17.2 Å². The maximum Gasteiger partial charge on any atom is 0.262 e. The molecule has 0 fully saturated rings. The van der Waals surface area contributed by atoms with E-state index in [0.29, 0.717) is 55.0 Å². The van der Waals surface area contributed by atoms with Gasteiger partial charge in [-0.1, -0.05) is 0 Å². The number of nitrogens with zero attached hydrogens (tertiary/aromatic N) is 1. The van der Waals surface area contributed by atoms with Crippen molar-refractivity contribution in [2.75, 3.05) is 36.0 Å². The Kier molecular flexibility index (Phi) is 4.31. The van der Waals surface area contributed by atoms with E-state index in [1.807, 2.05) is 0 Å². The predicted molar refractivity (Wildman–Crippen MR) is 98.2 cm³/mol. The van der Waals surface area contributed by atoms with Gasteiger partial charge in [0, 0.05) is 13.0 Å². The third kappa shape index (κ3) is 3.37. The molecule has 1 amide bonds. The average molecular weight is 390 g/mol. The van der Waals surface area contributed by atoms with Crippen molar-refractivity contribution in [3.05, 3.63) is 36.4 Å². The van der Waals surface area contributed by atoms with Crippen molar-refractivity contribution < 1.29 is 27.4 Å². The van der Waals surface area contributed by atoms with Crippen LogP contribution in [0.1, 0.15) is 6.92 Å². The minimum Gasteiger partial charge on any atom is -0.490 e. The number of benzene rings is 2. The van der Waals surface area contributed by atoms with Crippen LogP contribution in [-0.2, 0) is 14.8 Å². The second kappa shape index (κ2) is 6.66. The van der Waals surface area contributed by atoms with E-state index in [4.69, 9.17) is 14.2 Å². The Bertz CT molecular complexity index is 1000. The number of ether oxygens (including phenoxy) is 3. The van der Waals surface area contributed by atoms with Crippen LogP contribution in [0.3, 0.4) is 0 Å². The second-order valence-corrected chi connectivity index (χ2v) is 7.79. The van der Waals surface area contributed by atoms with E-state index in [0.717, 1.165) is 0 Å². The molecular weight excluding hydrogens is 372 g/mol. The van der Waals surface area contributed by atoms with Gasteiger partial charge in [-0.25, -0.2) is 8.42 Å². The van der Waals surface area contributed by atoms with Crippen molar-refractivity contribution >= 4 is 27.3 Å². The minimum absolute atomic E-state index is 0.0594. The second-order valence-electron chi connectivity index (χ2n) is 6.11. The van der Waals surface area contributed by atoms with Crippen molar-refractivity contribution in [1.82, 2.24) is 0 Å². The van der Waals surface area contributed by atoms with Gasteiger partial charge in [0.15, 0.2) is 11.5 Å². The summed E-state index contributed by atoms with van der Waals surface area (Å²) in [4.78, 5) is 13.4. The molecule has 0 aromatic heterocycles. The van der Waals surface area contributed by atoms with Gasteiger partial charge in [0.25, 0.3) is 10.0 Å². The highest BCUT2D eigenvalue weighted by Gasteiger charge is 2.24. The molecule has 2 aliphatic heterocycles. The Labute approximate surface area is 156 Å². The van der Waals surface area contributed by atoms with Crippen LogP contribution in [0.2, 0.25) is 0 Å². The van der Waals surface area contributed by atoms with Crippen molar-refractivity contribution in [1.29, 1.82) is 0 Å². The number of hydrogen-bond donors (Lipinski definition) is 1. The van der Waals surface area contributed by atoms with E-state index in [9.17, 15) is 13.2 Å². The number of amides is 1. The summed E-state index contributed by atoms with van der Waals surface area (Å²) in [5.41, 5.74) is 0.872. The SMILES string of the molecule is CC(=O)N1CCOc2ccc(NS(=O)(=O)c3ccc4c(c3)OCCO4)cc21. The van der Waals surface area contributed by atoms with Gasteiger partial charge in [-0.3, -0.25) is 9.52 Å². The summed E-state index contributed by atoms with van der Waals surface area (Å²) in [6, 6.07) is 9.29. The molecule has 0 unspecified atom stereocenters. The van der Waals surface area contributed by atoms with Crippen molar-refractivity contribution in [2.24, 2.45) is 0 Å². The third-order valence-corrected chi connectivity index (χ3v) is 5.66. The van der Waals surface area contributed by atoms with Crippen LogP contribution in [0, 0.1) is 0 Å². The lowest BCUT2D eigenvalue weighted by atomic mass is 10.2. The zero-order valence-corrected chi connectivity index (χ0v) is 15.4. The molecule has 2 heterocycles.